The van der Waals surface area contributed by atoms with Crippen molar-refractivity contribution in [3.05, 3.63) is 53.6 Å². The maximum atomic E-state index is 12.3. The zero-order valence-electron chi connectivity index (χ0n) is 14.6. The third-order valence-corrected chi connectivity index (χ3v) is 4.95. The second-order valence-corrected chi connectivity index (χ2v) is 6.49. The molecule has 0 bridgehead atoms. The minimum atomic E-state index is -0.175. The highest BCUT2D eigenvalue weighted by atomic mass is 16.7. The van der Waals surface area contributed by atoms with Crippen molar-refractivity contribution in [2.75, 3.05) is 19.2 Å². The second kappa shape index (κ2) is 6.05. The van der Waals surface area contributed by atoms with Gasteiger partial charge in [-0.15, -0.1) is 0 Å². The average molecular weight is 363 g/mol. The van der Waals surface area contributed by atoms with Gasteiger partial charge >= 0.3 is 0 Å². The zero-order chi connectivity index (χ0) is 18.4. The number of benzene rings is 2. The molecule has 0 saturated heterocycles. The van der Waals surface area contributed by atoms with Gasteiger partial charge in [0.15, 0.2) is 17.3 Å². The van der Waals surface area contributed by atoms with Crippen molar-refractivity contribution in [3.63, 3.8) is 0 Å². The molecule has 7 heteroatoms. The lowest BCUT2D eigenvalue weighted by Gasteiger charge is -2.24. The number of amides is 1. The Kier molecular flexibility index (Phi) is 3.53. The van der Waals surface area contributed by atoms with Crippen LogP contribution >= 0.6 is 0 Å². The van der Waals surface area contributed by atoms with Crippen LogP contribution in [-0.4, -0.2) is 30.0 Å². The van der Waals surface area contributed by atoms with E-state index in [4.69, 9.17) is 14.2 Å². The molecule has 0 saturated carbocycles. The fourth-order valence-electron chi connectivity index (χ4n) is 3.72. The van der Waals surface area contributed by atoms with E-state index < -0.39 is 0 Å². The summed E-state index contributed by atoms with van der Waals surface area (Å²) in [6.07, 6.45) is 0.315. The SMILES string of the molecule is COc1cc(C2CC(=O)Nc3n[nH]c(-c4ccccc4)c32)cc2c1OCO2. The number of aromatic nitrogens is 2. The number of carbonyl (C=O) groups excluding carboxylic acids is 1. The topological polar surface area (TPSA) is 85.5 Å². The fraction of sp³-hybridized carbons (Fsp3) is 0.200. The van der Waals surface area contributed by atoms with Gasteiger partial charge in [-0.2, -0.15) is 5.10 Å². The summed E-state index contributed by atoms with van der Waals surface area (Å²) in [4.78, 5) is 12.3. The lowest BCUT2D eigenvalue weighted by molar-refractivity contribution is -0.116. The van der Waals surface area contributed by atoms with Gasteiger partial charge in [-0.1, -0.05) is 30.3 Å². The highest BCUT2D eigenvalue weighted by molar-refractivity contribution is 5.96. The number of hydrogen-bond acceptors (Lipinski definition) is 5. The Morgan fingerprint density at radius 3 is 2.85 bits per heavy atom. The lowest BCUT2D eigenvalue weighted by atomic mass is 9.84. The molecule has 1 atom stereocenters. The molecule has 27 heavy (non-hydrogen) atoms. The van der Waals surface area contributed by atoms with Crippen molar-refractivity contribution in [2.45, 2.75) is 12.3 Å². The van der Waals surface area contributed by atoms with Gasteiger partial charge in [-0.3, -0.25) is 9.89 Å². The number of nitrogens with zero attached hydrogens (tertiary/aromatic N) is 1. The van der Waals surface area contributed by atoms with Gasteiger partial charge in [0.2, 0.25) is 18.4 Å². The molecule has 2 aliphatic rings. The van der Waals surface area contributed by atoms with E-state index in [0.29, 0.717) is 29.5 Å². The van der Waals surface area contributed by atoms with Crippen molar-refractivity contribution >= 4 is 11.7 Å². The zero-order valence-corrected chi connectivity index (χ0v) is 14.6. The van der Waals surface area contributed by atoms with E-state index in [0.717, 1.165) is 22.4 Å². The molecule has 1 amide bonds. The summed E-state index contributed by atoms with van der Waals surface area (Å²) < 4.78 is 16.5. The van der Waals surface area contributed by atoms with Gasteiger partial charge in [-0.05, 0) is 23.3 Å². The van der Waals surface area contributed by atoms with Gasteiger partial charge < -0.3 is 19.5 Å². The Bertz CT molecular complexity index is 1030. The number of carbonyl (C=O) groups is 1. The number of hydrogen-bond donors (Lipinski definition) is 2. The minimum Gasteiger partial charge on any atom is -0.493 e. The lowest BCUT2D eigenvalue weighted by Crippen LogP contribution is -2.23. The number of methoxy groups -OCH3 is 1. The van der Waals surface area contributed by atoms with Gasteiger partial charge in [-0.25, -0.2) is 0 Å². The average Bonchev–Trinajstić information content (AvgIpc) is 3.34. The van der Waals surface area contributed by atoms with Crippen LogP contribution < -0.4 is 19.5 Å². The Morgan fingerprint density at radius 2 is 2.04 bits per heavy atom. The molecule has 2 aromatic carbocycles. The van der Waals surface area contributed by atoms with Crippen molar-refractivity contribution < 1.29 is 19.0 Å². The third kappa shape index (κ3) is 2.51. The number of H-pyrrole nitrogens is 1. The number of aromatic amines is 1. The molecule has 0 spiro atoms. The van der Waals surface area contributed by atoms with E-state index in [1.165, 1.54) is 0 Å². The van der Waals surface area contributed by atoms with Crippen LogP contribution in [0.4, 0.5) is 5.82 Å². The minimum absolute atomic E-state index is 0.0738. The molecule has 0 radical (unpaired) electrons. The van der Waals surface area contributed by atoms with E-state index in [-0.39, 0.29) is 18.6 Å². The first-order chi connectivity index (χ1) is 13.2. The molecule has 7 nitrogen and oxygen atoms in total. The number of ether oxygens (including phenoxy) is 3. The molecule has 5 rings (SSSR count). The first-order valence-electron chi connectivity index (χ1n) is 8.65. The third-order valence-electron chi connectivity index (χ3n) is 4.95. The smallest absolute Gasteiger partial charge is 0.231 e. The van der Waals surface area contributed by atoms with Crippen molar-refractivity contribution in [2.24, 2.45) is 0 Å². The summed E-state index contributed by atoms with van der Waals surface area (Å²) >= 11 is 0. The van der Waals surface area contributed by atoms with E-state index in [2.05, 4.69) is 15.5 Å². The predicted octanol–water partition coefficient (Wildman–Crippen LogP) is 3.29. The normalized spacial score (nSPS) is 17.4. The van der Waals surface area contributed by atoms with Crippen LogP contribution in [0, 0.1) is 0 Å². The monoisotopic (exact) mass is 363 g/mol. The number of fused-ring (bicyclic) bond motifs is 2. The molecular weight excluding hydrogens is 346 g/mol. The van der Waals surface area contributed by atoms with Crippen molar-refractivity contribution in [1.82, 2.24) is 10.2 Å². The summed E-state index contributed by atoms with van der Waals surface area (Å²) in [5.74, 6) is 2.13. The van der Waals surface area contributed by atoms with Crippen LogP contribution in [-0.2, 0) is 4.79 Å². The number of nitrogens with one attached hydrogen (secondary N) is 2. The Labute approximate surface area is 155 Å². The molecule has 3 aromatic rings. The molecule has 0 fully saturated rings. The molecule has 1 aromatic heterocycles. The highest BCUT2D eigenvalue weighted by Crippen LogP contribution is 2.47. The second-order valence-electron chi connectivity index (χ2n) is 6.49. The highest BCUT2D eigenvalue weighted by Gasteiger charge is 2.34. The van der Waals surface area contributed by atoms with Crippen LogP contribution in [0.5, 0.6) is 17.2 Å². The Hall–Kier alpha value is -3.48. The van der Waals surface area contributed by atoms with Crippen LogP contribution in [0.3, 0.4) is 0 Å². The summed E-state index contributed by atoms with van der Waals surface area (Å²) in [7, 11) is 1.59. The van der Waals surface area contributed by atoms with Gasteiger partial charge in [0.1, 0.15) is 0 Å². The molecule has 1 unspecified atom stereocenters. The quantitative estimate of drug-likeness (QED) is 0.746. The first-order valence-corrected chi connectivity index (χ1v) is 8.65. The molecule has 2 N–H and O–H groups in total. The largest absolute Gasteiger partial charge is 0.493 e. The molecule has 3 heterocycles. The van der Waals surface area contributed by atoms with Crippen LogP contribution in [0.15, 0.2) is 42.5 Å². The predicted molar refractivity (Wildman–Crippen MR) is 98.2 cm³/mol. The number of rotatable bonds is 3. The standard InChI is InChI=1S/C20H17N3O4/c1-25-14-7-12(8-15-19(14)27-10-26-15)13-9-16(24)21-20-17(13)18(22-23-20)11-5-3-2-4-6-11/h2-8,13H,9-10H2,1H3,(H2,21,22,23,24). The van der Waals surface area contributed by atoms with Crippen LogP contribution in [0.2, 0.25) is 0 Å². The summed E-state index contributed by atoms with van der Waals surface area (Å²) in [5, 5.41) is 10.3. The van der Waals surface area contributed by atoms with Gasteiger partial charge in [0.25, 0.3) is 0 Å². The summed E-state index contributed by atoms with van der Waals surface area (Å²) in [5.41, 5.74) is 3.79. The van der Waals surface area contributed by atoms with Crippen LogP contribution in [0.1, 0.15) is 23.5 Å². The Balaban J connectivity index is 1.67. The van der Waals surface area contributed by atoms with Crippen LogP contribution in [0.25, 0.3) is 11.3 Å². The first kappa shape index (κ1) is 15.7. The van der Waals surface area contributed by atoms with Crippen molar-refractivity contribution in [1.29, 1.82) is 0 Å². The van der Waals surface area contributed by atoms with Gasteiger partial charge in [0.05, 0.1) is 12.8 Å². The molecule has 136 valence electrons. The summed E-state index contributed by atoms with van der Waals surface area (Å²) in [6.45, 7) is 0.159. The van der Waals surface area contributed by atoms with E-state index in [1.807, 2.05) is 42.5 Å². The van der Waals surface area contributed by atoms with E-state index in [1.54, 1.807) is 7.11 Å². The summed E-state index contributed by atoms with van der Waals surface area (Å²) in [6, 6.07) is 13.8. The fourth-order valence-corrected chi connectivity index (χ4v) is 3.72. The molecule has 0 aliphatic carbocycles. The van der Waals surface area contributed by atoms with Gasteiger partial charge in [0, 0.05) is 17.9 Å². The number of anilines is 1. The maximum absolute atomic E-state index is 12.3. The van der Waals surface area contributed by atoms with E-state index >= 15 is 0 Å². The molecule has 2 aliphatic heterocycles. The maximum Gasteiger partial charge on any atom is 0.231 e. The van der Waals surface area contributed by atoms with Crippen molar-refractivity contribution in [3.8, 4) is 28.5 Å². The molecular formula is C20H17N3O4. The Morgan fingerprint density at radius 1 is 1.19 bits per heavy atom. The van der Waals surface area contributed by atoms with E-state index in [9.17, 15) is 4.79 Å².